The third-order valence-corrected chi connectivity index (χ3v) is 3.36. The van der Waals surface area contributed by atoms with E-state index < -0.39 is 0 Å². The van der Waals surface area contributed by atoms with Crippen molar-refractivity contribution in [2.45, 2.75) is 33.6 Å². The maximum Gasteiger partial charge on any atom is 0.130 e. The van der Waals surface area contributed by atoms with Gasteiger partial charge in [0.25, 0.3) is 0 Å². The molecule has 1 unspecified atom stereocenters. The molecule has 1 rings (SSSR count). The number of aryl methyl sites for hydroxylation is 2. The molecule has 0 radical (unpaired) electrons. The molecule has 0 bridgehead atoms. The fourth-order valence-electron chi connectivity index (χ4n) is 1.51. The van der Waals surface area contributed by atoms with Crippen molar-refractivity contribution in [1.29, 1.82) is 5.26 Å². The number of rotatable bonds is 3. The van der Waals surface area contributed by atoms with Crippen molar-refractivity contribution < 1.29 is 0 Å². The summed E-state index contributed by atoms with van der Waals surface area (Å²) in [5, 5.41) is 14.0. The maximum absolute atomic E-state index is 9.11. The van der Waals surface area contributed by atoms with Gasteiger partial charge >= 0.3 is 0 Å². The molecular weight excluding hydrogens is 210 g/mol. The van der Waals surface area contributed by atoms with Gasteiger partial charge in [-0.05, 0) is 26.7 Å². The van der Waals surface area contributed by atoms with Crippen LogP contribution in [0.1, 0.15) is 31.5 Å². The minimum atomic E-state index is -0.350. The lowest BCUT2D eigenvalue weighted by atomic mass is 9.83. The Morgan fingerprint density at radius 1 is 1.60 bits per heavy atom. The van der Waals surface area contributed by atoms with E-state index in [1.807, 2.05) is 27.8 Å². The summed E-state index contributed by atoms with van der Waals surface area (Å²) in [6.45, 7) is 5.90. The van der Waals surface area contributed by atoms with Crippen molar-refractivity contribution in [3.8, 4) is 6.07 Å². The van der Waals surface area contributed by atoms with E-state index in [2.05, 4.69) is 11.2 Å². The molecule has 0 amide bonds. The normalized spacial score (nSPS) is 14.7. The smallest absolute Gasteiger partial charge is 0.130 e. The number of nitrogens with zero attached hydrogens (tertiary/aromatic N) is 3. The van der Waals surface area contributed by atoms with Crippen LogP contribution in [0.25, 0.3) is 0 Å². The van der Waals surface area contributed by atoms with Gasteiger partial charge < -0.3 is 0 Å². The fraction of sp³-hybridized carbons (Fsp3) is 0.636. The quantitative estimate of drug-likeness (QED) is 0.794. The number of aromatic nitrogens is 2. The molecule has 82 valence electrons. The number of hydrogen-bond donors (Lipinski definition) is 0. The van der Waals surface area contributed by atoms with Crippen LogP contribution in [-0.2, 0) is 13.5 Å². The first kappa shape index (κ1) is 12.1. The molecule has 1 aromatic rings. The summed E-state index contributed by atoms with van der Waals surface area (Å²) in [4.78, 5) is 0. The van der Waals surface area contributed by atoms with Crippen molar-refractivity contribution in [3.05, 3.63) is 16.4 Å². The second-order valence-corrected chi connectivity index (χ2v) is 4.54. The Morgan fingerprint density at radius 2 is 2.20 bits per heavy atom. The van der Waals surface area contributed by atoms with Gasteiger partial charge in [-0.2, -0.15) is 10.4 Å². The summed E-state index contributed by atoms with van der Waals surface area (Å²) < 4.78 is 1.65. The highest BCUT2D eigenvalue weighted by Gasteiger charge is 2.25. The topological polar surface area (TPSA) is 41.6 Å². The Morgan fingerprint density at radius 3 is 2.53 bits per heavy atom. The van der Waals surface area contributed by atoms with E-state index in [0.29, 0.717) is 11.6 Å². The molecule has 0 aromatic carbocycles. The predicted molar refractivity (Wildman–Crippen MR) is 60.7 cm³/mol. The molecule has 0 saturated carbocycles. The molecule has 4 heteroatoms. The van der Waals surface area contributed by atoms with Gasteiger partial charge in [0, 0.05) is 12.6 Å². The van der Waals surface area contributed by atoms with Crippen LogP contribution in [-0.4, -0.2) is 9.78 Å². The van der Waals surface area contributed by atoms with E-state index in [1.54, 1.807) is 4.68 Å². The molecule has 0 saturated heterocycles. The van der Waals surface area contributed by atoms with Gasteiger partial charge in [0.15, 0.2) is 0 Å². The number of halogens is 1. The standard InChI is InChI=1S/C11H16ClN3/c1-5-11(3,7-13)6-9-8(2)14-15(4)10(9)12/h5-6H2,1-4H3. The van der Waals surface area contributed by atoms with Gasteiger partial charge in [-0.15, -0.1) is 0 Å². The van der Waals surface area contributed by atoms with Gasteiger partial charge in [-0.1, -0.05) is 18.5 Å². The second-order valence-electron chi connectivity index (χ2n) is 4.18. The Kier molecular flexibility index (Phi) is 3.41. The second kappa shape index (κ2) is 4.24. The van der Waals surface area contributed by atoms with E-state index in [4.69, 9.17) is 16.9 Å². The average molecular weight is 226 g/mol. The van der Waals surface area contributed by atoms with Crippen molar-refractivity contribution in [2.75, 3.05) is 0 Å². The van der Waals surface area contributed by atoms with Crippen LogP contribution >= 0.6 is 11.6 Å². The lowest BCUT2D eigenvalue weighted by molar-refractivity contribution is 0.422. The van der Waals surface area contributed by atoms with Crippen LogP contribution < -0.4 is 0 Å². The molecule has 0 fully saturated rings. The van der Waals surface area contributed by atoms with E-state index in [-0.39, 0.29) is 5.41 Å². The molecule has 0 spiro atoms. The van der Waals surface area contributed by atoms with Gasteiger partial charge in [-0.3, -0.25) is 4.68 Å². The minimum absolute atomic E-state index is 0.350. The van der Waals surface area contributed by atoms with Gasteiger partial charge in [0.1, 0.15) is 5.15 Å². The van der Waals surface area contributed by atoms with Crippen molar-refractivity contribution in [1.82, 2.24) is 9.78 Å². The number of nitriles is 1. The molecule has 0 aliphatic rings. The largest absolute Gasteiger partial charge is 0.257 e. The molecule has 15 heavy (non-hydrogen) atoms. The zero-order chi connectivity index (χ0) is 11.6. The molecule has 0 N–H and O–H groups in total. The van der Waals surface area contributed by atoms with E-state index in [1.165, 1.54) is 0 Å². The summed E-state index contributed by atoms with van der Waals surface area (Å²) in [6.07, 6.45) is 1.48. The summed E-state index contributed by atoms with van der Waals surface area (Å²) in [5.41, 5.74) is 1.56. The number of hydrogen-bond acceptors (Lipinski definition) is 2. The fourth-order valence-corrected chi connectivity index (χ4v) is 1.75. The molecular formula is C11H16ClN3. The molecule has 0 aliphatic heterocycles. The highest BCUT2D eigenvalue weighted by molar-refractivity contribution is 6.30. The molecule has 3 nitrogen and oxygen atoms in total. The third kappa shape index (κ3) is 2.32. The zero-order valence-electron chi connectivity index (χ0n) is 9.63. The Labute approximate surface area is 95.7 Å². The molecule has 0 aliphatic carbocycles. The van der Waals surface area contributed by atoms with Gasteiger partial charge in [-0.25, -0.2) is 0 Å². The first-order chi connectivity index (χ1) is 6.93. The van der Waals surface area contributed by atoms with Crippen LogP contribution in [0.5, 0.6) is 0 Å². The summed E-state index contributed by atoms with van der Waals surface area (Å²) >= 11 is 6.13. The molecule has 1 atom stereocenters. The van der Waals surface area contributed by atoms with Crippen molar-refractivity contribution in [3.63, 3.8) is 0 Å². The van der Waals surface area contributed by atoms with E-state index >= 15 is 0 Å². The first-order valence-corrected chi connectivity index (χ1v) is 5.40. The Hall–Kier alpha value is -1.01. The average Bonchev–Trinajstić information content (AvgIpc) is 2.45. The van der Waals surface area contributed by atoms with Gasteiger partial charge in [0.2, 0.25) is 0 Å². The lowest BCUT2D eigenvalue weighted by Gasteiger charge is -2.18. The zero-order valence-corrected chi connectivity index (χ0v) is 10.4. The molecule has 1 aromatic heterocycles. The highest BCUT2D eigenvalue weighted by Crippen LogP contribution is 2.30. The van der Waals surface area contributed by atoms with Crippen LogP contribution in [0.2, 0.25) is 5.15 Å². The summed E-state index contributed by atoms with van der Waals surface area (Å²) in [6, 6.07) is 2.34. The predicted octanol–water partition coefficient (Wildman–Crippen LogP) is 2.86. The minimum Gasteiger partial charge on any atom is -0.257 e. The third-order valence-electron chi connectivity index (χ3n) is 2.89. The van der Waals surface area contributed by atoms with E-state index in [0.717, 1.165) is 17.7 Å². The Bertz CT molecular complexity index is 403. The van der Waals surface area contributed by atoms with Gasteiger partial charge in [0.05, 0.1) is 17.2 Å². The first-order valence-electron chi connectivity index (χ1n) is 5.02. The maximum atomic E-state index is 9.11. The Balaban J connectivity index is 3.05. The van der Waals surface area contributed by atoms with Crippen molar-refractivity contribution >= 4 is 11.6 Å². The highest BCUT2D eigenvalue weighted by atomic mass is 35.5. The summed E-state index contributed by atoms with van der Waals surface area (Å²) in [5.74, 6) is 0. The van der Waals surface area contributed by atoms with Crippen LogP contribution in [0.3, 0.4) is 0 Å². The monoisotopic (exact) mass is 225 g/mol. The van der Waals surface area contributed by atoms with E-state index in [9.17, 15) is 0 Å². The van der Waals surface area contributed by atoms with Crippen LogP contribution in [0, 0.1) is 23.7 Å². The lowest BCUT2D eigenvalue weighted by Crippen LogP contribution is -2.16. The summed E-state index contributed by atoms with van der Waals surface area (Å²) in [7, 11) is 1.81. The molecule has 1 heterocycles. The van der Waals surface area contributed by atoms with Crippen LogP contribution in [0.15, 0.2) is 0 Å². The SMILES string of the molecule is CCC(C)(C#N)Cc1c(C)nn(C)c1Cl. The van der Waals surface area contributed by atoms with Crippen molar-refractivity contribution in [2.24, 2.45) is 12.5 Å². The van der Waals surface area contributed by atoms with Crippen LogP contribution in [0.4, 0.5) is 0 Å².